The van der Waals surface area contributed by atoms with Crippen molar-refractivity contribution in [2.45, 2.75) is 43.7 Å². The molecule has 2 nitrogen and oxygen atoms in total. The first-order chi connectivity index (χ1) is 8.83. The Kier molecular flexibility index (Phi) is 4.02. The molecule has 1 saturated carbocycles. The first-order valence-corrected chi connectivity index (χ1v) is 7.70. The van der Waals surface area contributed by atoms with Crippen molar-refractivity contribution in [3.63, 3.8) is 0 Å². The number of rotatable bonds is 3. The average molecular weight is 310 g/mol. The summed E-state index contributed by atoms with van der Waals surface area (Å²) in [5, 5.41) is 3.78. The summed E-state index contributed by atoms with van der Waals surface area (Å²) in [5.74, 6) is 0.734. The summed E-state index contributed by atoms with van der Waals surface area (Å²) in [6.45, 7) is 1.86. The Balaban J connectivity index is 1.49. The summed E-state index contributed by atoms with van der Waals surface area (Å²) in [5.41, 5.74) is 1.47. The third-order valence-corrected chi connectivity index (χ3v) is 4.90. The van der Waals surface area contributed by atoms with E-state index in [9.17, 15) is 0 Å². The monoisotopic (exact) mass is 309 g/mol. The Hall–Kier alpha value is -0.380. The van der Waals surface area contributed by atoms with E-state index in [-0.39, 0.29) is 0 Å². The lowest BCUT2D eigenvalue weighted by molar-refractivity contribution is 0.0697. The van der Waals surface area contributed by atoms with Crippen LogP contribution in [-0.4, -0.2) is 25.3 Å². The van der Waals surface area contributed by atoms with Gasteiger partial charge in [-0.2, -0.15) is 0 Å². The fraction of sp³-hybridized carbons (Fsp3) is 0.600. The van der Waals surface area contributed by atoms with Gasteiger partial charge in [-0.15, -0.1) is 0 Å². The molecule has 2 aliphatic rings. The van der Waals surface area contributed by atoms with Crippen molar-refractivity contribution >= 4 is 15.9 Å². The number of ether oxygens (including phenoxy) is 1. The largest absolute Gasteiger partial charge is 0.381 e. The molecule has 0 aromatic heterocycles. The Morgan fingerprint density at radius 3 is 2.50 bits per heavy atom. The molecule has 1 heterocycles. The van der Waals surface area contributed by atoms with E-state index in [1.165, 1.54) is 35.7 Å². The first kappa shape index (κ1) is 12.6. The average Bonchev–Trinajstić information content (AvgIpc) is 2.36. The molecule has 2 fully saturated rings. The maximum atomic E-state index is 5.39. The molecule has 98 valence electrons. The predicted octanol–water partition coefficient (Wildman–Crippen LogP) is 3.46. The quantitative estimate of drug-likeness (QED) is 0.923. The van der Waals surface area contributed by atoms with Gasteiger partial charge in [0.1, 0.15) is 0 Å². The van der Waals surface area contributed by atoms with E-state index in [1.54, 1.807) is 0 Å². The lowest BCUT2D eigenvalue weighted by Gasteiger charge is -2.40. The summed E-state index contributed by atoms with van der Waals surface area (Å²) in [6.07, 6.45) is 4.91. The van der Waals surface area contributed by atoms with Crippen LogP contribution in [0.15, 0.2) is 28.7 Å². The molecule has 1 aromatic carbocycles. The van der Waals surface area contributed by atoms with Crippen molar-refractivity contribution in [2.75, 3.05) is 13.2 Å². The molecule has 0 amide bonds. The van der Waals surface area contributed by atoms with Crippen LogP contribution in [0.2, 0.25) is 0 Å². The van der Waals surface area contributed by atoms with Crippen LogP contribution < -0.4 is 5.32 Å². The molecule has 3 rings (SSSR count). The maximum absolute atomic E-state index is 5.39. The smallest absolute Gasteiger partial charge is 0.0480 e. The Labute approximate surface area is 117 Å². The van der Waals surface area contributed by atoms with E-state index < -0.39 is 0 Å². The minimum Gasteiger partial charge on any atom is -0.381 e. The van der Waals surface area contributed by atoms with Gasteiger partial charge in [-0.3, -0.25) is 0 Å². The van der Waals surface area contributed by atoms with Gasteiger partial charge in [0.05, 0.1) is 0 Å². The zero-order chi connectivity index (χ0) is 12.4. The van der Waals surface area contributed by atoms with Gasteiger partial charge in [-0.05, 0) is 43.2 Å². The van der Waals surface area contributed by atoms with Gasteiger partial charge in [0.15, 0.2) is 0 Å². The first-order valence-electron chi connectivity index (χ1n) is 6.91. The summed E-state index contributed by atoms with van der Waals surface area (Å²) in [7, 11) is 0. The topological polar surface area (TPSA) is 21.3 Å². The normalized spacial score (nSPS) is 28.9. The summed E-state index contributed by atoms with van der Waals surface area (Å²) in [6, 6.07) is 10.0. The van der Waals surface area contributed by atoms with E-state index in [1.807, 2.05) is 0 Å². The summed E-state index contributed by atoms with van der Waals surface area (Å²) in [4.78, 5) is 0. The predicted molar refractivity (Wildman–Crippen MR) is 76.9 cm³/mol. The summed E-state index contributed by atoms with van der Waals surface area (Å²) >= 11 is 3.65. The molecule has 1 aliphatic heterocycles. The number of halogens is 1. The van der Waals surface area contributed by atoms with Gasteiger partial charge in [0.25, 0.3) is 0 Å². The fourth-order valence-electron chi connectivity index (χ4n) is 3.01. The van der Waals surface area contributed by atoms with Crippen LogP contribution in [0, 0.1) is 0 Å². The molecule has 1 aliphatic carbocycles. The lowest BCUT2D eigenvalue weighted by atomic mass is 9.75. The van der Waals surface area contributed by atoms with Crippen molar-refractivity contribution in [2.24, 2.45) is 0 Å². The number of benzene rings is 1. The molecular weight excluding hydrogens is 290 g/mol. The van der Waals surface area contributed by atoms with Gasteiger partial charge in [0, 0.05) is 29.8 Å². The summed E-state index contributed by atoms with van der Waals surface area (Å²) < 4.78 is 6.66. The fourth-order valence-corrected chi connectivity index (χ4v) is 3.62. The van der Waals surface area contributed by atoms with Crippen LogP contribution in [0.4, 0.5) is 0 Å². The van der Waals surface area contributed by atoms with Crippen molar-refractivity contribution in [3.8, 4) is 0 Å². The number of nitrogens with one attached hydrogen (secondary N) is 1. The van der Waals surface area contributed by atoms with Crippen molar-refractivity contribution in [1.82, 2.24) is 5.32 Å². The van der Waals surface area contributed by atoms with Gasteiger partial charge in [-0.25, -0.2) is 0 Å². The van der Waals surface area contributed by atoms with Crippen LogP contribution >= 0.6 is 15.9 Å². The van der Waals surface area contributed by atoms with Crippen molar-refractivity contribution < 1.29 is 4.74 Å². The zero-order valence-electron chi connectivity index (χ0n) is 10.6. The highest BCUT2D eigenvalue weighted by atomic mass is 79.9. The van der Waals surface area contributed by atoms with Crippen molar-refractivity contribution in [1.29, 1.82) is 0 Å². The van der Waals surface area contributed by atoms with Crippen LogP contribution in [0.5, 0.6) is 0 Å². The molecule has 1 N–H and O–H groups in total. The van der Waals surface area contributed by atoms with Gasteiger partial charge in [0.2, 0.25) is 0 Å². The minimum atomic E-state index is 0.684. The van der Waals surface area contributed by atoms with Gasteiger partial charge in [-0.1, -0.05) is 34.1 Å². The number of hydrogen-bond donors (Lipinski definition) is 1. The number of hydrogen-bond acceptors (Lipinski definition) is 2. The van der Waals surface area contributed by atoms with Crippen LogP contribution in [0.3, 0.4) is 0 Å². The highest BCUT2D eigenvalue weighted by Gasteiger charge is 2.32. The van der Waals surface area contributed by atoms with Crippen LogP contribution in [-0.2, 0) is 4.74 Å². The molecule has 0 atom stereocenters. The Bertz CT molecular complexity index is 397. The molecule has 1 saturated heterocycles. The standard InChI is InChI=1S/C15H20BrNO/c16-15-4-2-1-3-14(15)11-9-13(10-11)17-12-5-7-18-8-6-12/h1-4,11-13,17H,5-10H2. The van der Waals surface area contributed by atoms with E-state index >= 15 is 0 Å². The molecule has 3 heteroatoms. The van der Waals surface area contributed by atoms with Gasteiger partial charge < -0.3 is 10.1 Å². The maximum Gasteiger partial charge on any atom is 0.0480 e. The lowest BCUT2D eigenvalue weighted by Crippen LogP contribution is -2.47. The van der Waals surface area contributed by atoms with E-state index in [4.69, 9.17) is 4.74 Å². The molecule has 0 radical (unpaired) electrons. The molecular formula is C15H20BrNO. The Morgan fingerprint density at radius 2 is 1.78 bits per heavy atom. The molecule has 18 heavy (non-hydrogen) atoms. The van der Waals surface area contributed by atoms with Crippen LogP contribution in [0.25, 0.3) is 0 Å². The highest BCUT2D eigenvalue weighted by molar-refractivity contribution is 9.10. The van der Waals surface area contributed by atoms with E-state index in [0.717, 1.165) is 19.1 Å². The van der Waals surface area contributed by atoms with E-state index in [2.05, 4.69) is 45.5 Å². The molecule has 0 spiro atoms. The molecule has 1 aromatic rings. The third kappa shape index (κ3) is 2.79. The molecule has 0 bridgehead atoms. The molecule has 0 unspecified atom stereocenters. The zero-order valence-corrected chi connectivity index (χ0v) is 12.2. The second kappa shape index (κ2) is 5.72. The van der Waals surface area contributed by atoms with E-state index in [0.29, 0.717) is 12.1 Å². The van der Waals surface area contributed by atoms with Crippen LogP contribution in [0.1, 0.15) is 37.2 Å². The second-order valence-corrected chi connectivity index (χ2v) is 6.29. The minimum absolute atomic E-state index is 0.684. The van der Waals surface area contributed by atoms with Crippen molar-refractivity contribution in [3.05, 3.63) is 34.3 Å². The SMILES string of the molecule is Brc1ccccc1C1CC(NC2CCOCC2)C1. The third-order valence-electron chi connectivity index (χ3n) is 4.18. The van der Waals surface area contributed by atoms with Gasteiger partial charge >= 0.3 is 0 Å². The Morgan fingerprint density at radius 1 is 1.06 bits per heavy atom. The highest BCUT2D eigenvalue weighted by Crippen LogP contribution is 2.40. The second-order valence-electron chi connectivity index (χ2n) is 5.44.